The number of nitrogens with zero attached hydrogens (tertiary/aromatic N) is 2. The molecule has 0 aromatic heterocycles. The number of thioether (sulfide) groups is 1. The molecule has 0 unspecified atom stereocenters. The highest BCUT2D eigenvalue weighted by Crippen LogP contribution is 2.38. The van der Waals surface area contributed by atoms with E-state index in [1.165, 1.54) is 9.90 Å². The first-order chi connectivity index (χ1) is 6.33. The quantitative estimate of drug-likeness (QED) is 0.664. The Labute approximate surface area is 81.3 Å². The van der Waals surface area contributed by atoms with Crippen molar-refractivity contribution in [3.05, 3.63) is 24.3 Å². The first-order valence-electron chi connectivity index (χ1n) is 3.93. The molecule has 1 radical (unpaired) electrons. The van der Waals surface area contributed by atoms with Gasteiger partial charge in [-0.1, -0.05) is 12.1 Å². The van der Waals surface area contributed by atoms with Gasteiger partial charge in [0.1, 0.15) is 0 Å². The first kappa shape index (κ1) is 8.44. The van der Waals surface area contributed by atoms with Crippen molar-refractivity contribution in [2.45, 2.75) is 4.90 Å². The molecule has 2 rings (SSSR count). The fourth-order valence-corrected chi connectivity index (χ4v) is 2.36. The van der Waals surface area contributed by atoms with Crippen LogP contribution in [0, 0.1) is 0 Å². The summed E-state index contributed by atoms with van der Waals surface area (Å²) in [6, 6.07) is 8.03. The average molecular weight is 193 g/mol. The molecule has 1 aliphatic rings. The Morgan fingerprint density at radius 3 is 3.08 bits per heavy atom. The van der Waals surface area contributed by atoms with Crippen LogP contribution in [-0.4, -0.2) is 24.3 Å². The van der Waals surface area contributed by atoms with Gasteiger partial charge < -0.3 is 0 Å². The summed E-state index contributed by atoms with van der Waals surface area (Å²) in [5, 5.41) is 3.34. The Morgan fingerprint density at radius 2 is 2.31 bits per heavy atom. The van der Waals surface area contributed by atoms with Crippen molar-refractivity contribution in [3.8, 4) is 0 Å². The Morgan fingerprint density at radius 1 is 1.54 bits per heavy atom. The van der Waals surface area contributed by atoms with Gasteiger partial charge in [0, 0.05) is 11.9 Å². The van der Waals surface area contributed by atoms with Gasteiger partial charge in [-0.3, -0.25) is 9.80 Å². The maximum absolute atomic E-state index is 10.5. The topological polar surface area (TPSA) is 23.6 Å². The minimum atomic E-state index is 0.783. The Balaban J connectivity index is 2.33. The van der Waals surface area contributed by atoms with E-state index in [4.69, 9.17) is 0 Å². The molecular formula is C9H9N2OS. The molecule has 1 heterocycles. The van der Waals surface area contributed by atoms with Crippen LogP contribution in [-0.2, 0) is 4.79 Å². The molecule has 0 saturated heterocycles. The fourth-order valence-electron chi connectivity index (χ4n) is 1.29. The van der Waals surface area contributed by atoms with Crippen LogP contribution in [0.5, 0.6) is 0 Å². The first-order valence-corrected chi connectivity index (χ1v) is 4.92. The Hall–Kier alpha value is -1.16. The van der Waals surface area contributed by atoms with Crippen molar-refractivity contribution in [2.75, 3.05) is 17.9 Å². The highest BCUT2D eigenvalue weighted by Gasteiger charge is 2.21. The molecule has 13 heavy (non-hydrogen) atoms. The van der Waals surface area contributed by atoms with Crippen LogP contribution in [0.1, 0.15) is 0 Å². The number of rotatable bonds is 2. The minimum Gasteiger partial charge on any atom is -0.271 e. The van der Waals surface area contributed by atoms with E-state index < -0.39 is 0 Å². The minimum absolute atomic E-state index is 0.783. The van der Waals surface area contributed by atoms with Crippen molar-refractivity contribution in [3.63, 3.8) is 0 Å². The van der Waals surface area contributed by atoms with E-state index in [-0.39, 0.29) is 0 Å². The van der Waals surface area contributed by atoms with E-state index in [2.05, 4.69) is 6.07 Å². The van der Waals surface area contributed by atoms with E-state index in [0.29, 0.717) is 0 Å². The van der Waals surface area contributed by atoms with E-state index in [0.717, 1.165) is 11.6 Å². The molecule has 1 aliphatic heterocycles. The number of hydrogen-bond donors (Lipinski definition) is 0. The van der Waals surface area contributed by atoms with Crippen LogP contribution >= 0.6 is 11.8 Å². The summed E-state index contributed by atoms with van der Waals surface area (Å²) in [6.45, 7) is 0. The van der Waals surface area contributed by atoms with Crippen LogP contribution in [0.2, 0.25) is 0 Å². The van der Waals surface area contributed by atoms with Crippen molar-refractivity contribution < 1.29 is 4.79 Å². The van der Waals surface area contributed by atoms with Crippen molar-refractivity contribution >= 4 is 23.9 Å². The van der Waals surface area contributed by atoms with Gasteiger partial charge >= 0.3 is 6.41 Å². The fraction of sp³-hybridized carbons (Fsp3) is 0.222. The number of hydrazine groups is 1. The number of carbonyl (C=O) groups excluding carboxylic acids is 1. The third kappa shape index (κ3) is 1.37. The largest absolute Gasteiger partial charge is 0.332 e. The molecule has 1 aromatic carbocycles. The van der Waals surface area contributed by atoms with Gasteiger partial charge in [0.2, 0.25) is 0 Å². The van der Waals surface area contributed by atoms with Gasteiger partial charge in [-0.15, -0.1) is 11.8 Å². The standard InChI is InChI=1S/C9H9N2OS/c1-10(6-12)11-7-13-9-5-3-2-4-8(9)11/h2-5H,7H2,1H3. The molecular weight excluding hydrogens is 184 g/mol. The second-order valence-electron chi connectivity index (χ2n) is 2.76. The summed E-state index contributed by atoms with van der Waals surface area (Å²) in [5.74, 6) is 0.783. The van der Waals surface area contributed by atoms with Gasteiger partial charge in [-0.05, 0) is 12.1 Å². The smallest absolute Gasteiger partial charge is 0.271 e. The summed E-state index contributed by atoms with van der Waals surface area (Å²) in [6.07, 6.45) is 1.84. The van der Waals surface area contributed by atoms with Crippen LogP contribution in [0.4, 0.5) is 5.69 Å². The molecule has 0 aliphatic carbocycles. The summed E-state index contributed by atoms with van der Waals surface area (Å²) >= 11 is 1.73. The van der Waals surface area contributed by atoms with Gasteiger partial charge in [-0.25, -0.2) is 5.01 Å². The molecule has 0 spiro atoms. The summed E-state index contributed by atoms with van der Waals surface area (Å²) < 4.78 is 0. The number of anilines is 1. The highest BCUT2D eigenvalue weighted by molar-refractivity contribution is 7.99. The second kappa shape index (κ2) is 3.30. The summed E-state index contributed by atoms with van der Waals surface area (Å²) in [7, 11) is 1.70. The van der Waals surface area contributed by atoms with Crippen LogP contribution in [0.3, 0.4) is 0 Å². The lowest BCUT2D eigenvalue weighted by molar-refractivity contribution is 0.424. The summed E-state index contributed by atoms with van der Waals surface area (Å²) in [5.41, 5.74) is 1.08. The number of hydrogen-bond acceptors (Lipinski definition) is 3. The number of fused-ring (bicyclic) bond motifs is 1. The van der Waals surface area contributed by atoms with Gasteiger partial charge in [0.25, 0.3) is 0 Å². The normalized spacial score (nSPS) is 14.1. The molecule has 1 aromatic rings. The molecule has 4 heteroatoms. The predicted molar refractivity (Wildman–Crippen MR) is 53.1 cm³/mol. The monoisotopic (exact) mass is 193 g/mol. The zero-order valence-corrected chi connectivity index (χ0v) is 8.04. The van der Waals surface area contributed by atoms with E-state index in [1.54, 1.807) is 18.8 Å². The second-order valence-corrected chi connectivity index (χ2v) is 3.74. The van der Waals surface area contributed by atoms with Crippen molar-refractivity contribution in [1.82, 2.24) is 5.01 Å². The average Bonchev–Trinajstić information content (AvgIpc) is 2.60. The molecule has 67 valence electrons. The molecule has 0 atom stereocenters. The third-order valence-corrected chi connectivity index (χ3v) is 3.01. The van der Waals surface area contributed by atoms with E-state index in [9.17, 15) is 4.79 Å². The number of amides is 1. The van der Waals surface area contributed by atoms with Gasteiger partial charge in [0.15, 0.2) is 0 Å². The van der Waals surface area contributed by atoms with E-state index in [1.807, 2.05) is 29.6 Å². The maximum Gasteiger partial charge on any atom is 0.332 e. The lowest BCUT2D eigenvalue weighted by atomic mass is 10.3. The summed E-state index contributed by atoms with van der Waals surface area (Å²) in [4.78, 5) is 11.7. The molecule has 3 nitrogen and oxygen atoms in total. The van der Waals surface area contributed by atoms with E-state index >= 15 is 0 Å². The zero-order valence-electron chi connectivity index (χ0n) is 7.23. The molecule has 0 fully saturated rings. The van der Waals surface area contributed by atoms with Crippen LogP contribution < -0.4 is 5.01 Å². The molecule has 0 saturated carbocycles. The van der Waals surface area contributed by atoms with Crippen molar-refractivity contribution in [2.24, 2.45) is 0 Å². The third-order valence-electron chi connectivity index (χ3n) is 1.98. The SMILES string of the molecule is CN([C]=O)N1CSc2ccccc21. The van der Waals surface area contributed by atoms with Crippen LogP contribution in [0.25, 0.3) is 0 Å². The predicted octanol–water partition coefficient (Wildman–Crippen LogP) is 1.47. The lowest BCUT2D eigenvalue weighted by Crippen LogP contribution is -2.36. The lowest BCUT2D eigenvalue weighted by Gasteiger charge is -2.24. The van der Waals surface area contributed by atoms with Crippen LogP contribution in [0.15, 0.2) is 29.2 Å². The zero-order chi connectivity index (χ0) is 9.26. The number of benzene rings is 1. The molecule has 0 N–H and O–H groups in total. The Bertz CT molecular complexity index is 329. The number of para-hydroxylation sites is 1. The van der Waals surface area contributed by atoms with Gasteiger partial charge in [0.05, 0.1) is 11.6 Å². The molecule has 1 amide bonds. The Kier molecular flexibility index (Phi) is 2.14. The van der Waals surface area contributed by atoms with Crippen molar-refractivity contribution in [1.29, 1.82) is 0 Å². The molecule has 0 bridgehead atoms. The highest BCUT2D eigenvalue weighted by atomic mass is 32.2. The van der Waals surface area contributed by atoms with Gasteiger partial charge in [-0.2, -0.15) is 0 Å². The maximum atomic E-state index is 10.5.